The monoisotopic (exact) mass is 289 g/mol. The Hall–Kier alpha value is -2.14. The molecule has 0 N–H and O–H groups in total. The lowest BCUT2D eigenvalue weighted by atomic mass is 10.2. The lowest BCUT2D eigenvalue weighted by Crippen LogP contribution is -2.36. The zero-order valence-corrected chi connectivity index (χ0v) is 11.9. The molecule has 4 nitrogen and oxygen atoms in total. The predicted octanol–water partition coefficient (Wildman–Crippen LogP) is 2.54. The van der Waals surface area contributed by atoms with Gasteiger partial charge in [0.05, 0.1) is 4.90 Å². The first kappa shape index (κ1) is 14.3. The number of nitrogens with zero attached hydrogens (tertiary/aromatic N) is 1. The minimum Gasteiger partial charge on any atom is -0.268 e. The van der Waals surface area contributed by atoms with Crippen LogP contribution in [0.2, 0.25) is 0 Å². The van der Waals surface area contributed by atoms with E-state index in [1.807, 2.05) is 0 Å². The first-order chi connectivity index (χ1) is 9.57. The van der Waals surface area contributed by atoms with Gasteiger partial charge in [-0.3, -0.25) is 4.79 Å². The molecular formula is C15H15NO3S. The summed E-state index contributed by atoms with van der Waals surface area (Å²) in [5, 5.41) is 0. The van der Waals surface area contributed by atoms with E-state index >= 15 is 0 Å². The fraction of sp³-hybridized carbons (Fsp3) is 0.133. The van der Waals surface area contributed by atoms with Crippen molar-refractivity contribution in [1.29, 1.82) is 0 Å². The van der Waals surface area contributed by atoms with Crippen molar-refractivity contribution < 1.29 is 13.2 Å². The molecule has 0 aromatic heterocycles. The largest absolute Gasteiger partial charge is 0.268 e. The van der Waals surface area contributed by atoms with Crippen LogP contribution in [0.15, 0.2) is 65.6 Å². The van der Waals surface area contributed by atoms with E-state index in [4.69, 9.17) is 0 Å². The SMILES string of the molecule is CCN(C(=O)c1ccccc1)S(=O)(=O)c1ccccc1. The van der Waals surface area contributed by atoms with E-state index < -0.39 is 15.9 Å². The molecule has 0 unspecified atom stereocenters. The van der Waals surface area contributed by atoms with Crippen LogP contribution in [0.4, 0.5) is 0 Å². The van der Waals surface area contributed by atoms with Crippen LogP contribution in [0.5, 0.6) is 0 Å². The van der Waals surface area contributed by atoms with Gasteiger partial charge in [0.1, 0.15) is 0 Å². The molecule has 0 radical (unpaired) electrons. The van der Waals surface area contributed by atoms with Gasteiger partial charge in [-0.15, -0.1) is 0 Å². The van der Waals surface area contributed by atoms with Gasteiger partial charge in [0.2, 0.25) is 0 Å². The van der Waals surface area contributed by atoms with Gasteiger partial charge in [-0.1, -0.05) is 36.4 Å². The normalized spacial score (nSPS) is 11.1. The molecule has 0 saturated heterocycles. The molecule has 0 aliphatic heterocycles. The summed E-state index contributed by atoms with van der Waals surface area (Å²) in [6.45, 7) is 1.73. The number of amides is 1. The number of carbonyl (C=O) groups excluding carboxylic acids is 1. The molecule has 0 fully saturated rings. The van der Waals surface area contributed by atoms with Crippen molar-refractivity contribution in [3.8, 4) is 0 Å². The van der Waals surface area contributed by atoms with Crippen LogP contribution in [-0.4, -0.2) is 25.2 Å². The molecule has 0 spiro atoms. The lowest BCUT2D eigenvalue weighted by Gasteiger charge is -2.20. The zero-order valence-electron chi connectivity index (χ0n) is 11.1. The Labute approximate surface area is 118 Å². The first-order valence-electron chi connectivity index (χ1n) is 6.24. The van der Waals surface area contributed by atoms with E-state index in [9.17, 15) is 13.2 Å². The molecule has 2 aromatic carbocycles. The van der Waals surface area contributed by atoms with Crippen molar-refractivity contribution in [2.45, 2.75) is 11.8 Å². The third kappa shape index (κ3) is 2.72. The summed E-state index contributed by atoms with van der Waals surface area (Å²) in [6.07, 6.45) is 0. The highest BCUT2D eigenvalue weighted by Gasteiger charge is 2.28. The van der Waals surface area contributed by atoms with Gasteiger partial charge >= 0.3 is 0 Å². The number of hydrogen-bond donors (Lipinski definition) is 0. The molecule has 20 heavy (non-hydrogen) atoms. The van der Waals surface area contributed by atoms with Gasteiger partial charge in [0.25, 0.3) is 15.9 Å². The van der Waals surface area contributed by atoms with Crippen LogP contribution >= 0.6 is 0 Å². The maximum absolute atomic E-state index is 12.5. The molecule has 0 bridgehead atoms. The van der Waals surface area contributed by atoms with Crippen molar-refractivity contribution in [1.82, 2.24) is 4.31 Å². The summed E-state index contributed by atoms with van der Waals surface area (Å²) < 4.78 is 25.9. The Kier molecular flexibility index (Phi) is 4.20. The molecule has 2 rings (SSSR count). The van der Waals surface area contributed by atoms with E-state index in [1.165, 1.54) is 12.1 Å². The summed E-state index contributed by atoms with van der Waals surface area (Å²) in [4.78, 5) is 12.5. The first-order valence-corrected chi connectivity index (χ1v) is 7.68. The molecule has 0 aliphatic rings. The quantitative estimate of drug-likeness (QED) is 0.869. The highest BCUT2D eigenvalue weighted by atomic mass is 32.2. The van der Waals surface area contributed by atoms with Crippen molar-refractivity contribution in [2.75, 3.05) is 6.54 Å². The highest BCUT2D eigenvalue weighted by molar-refractivity contribution is 7.89. The van der Waals surface area contributed by atoms with Crippen molar-refractivity contribution in [3.05, 3.63) is 66.2 Å². The third-order valence-corrected chi connectivity index (χ3v) is 4.74. The van der Waals surface area contributed by atoms with Gasteiger partial charge in [-0.2, -0.15) is 0 Å². The zero-order chi connectivity index (χ0) is 14.6. The second-order valence-corrected chi connectivity index (χ2v) is 6.02. The highest BCUT2D eigenvalue weighted by Crippen LogP contribution is 2.17. The second kappa shape index (κ2) is 5.88. The maximum Gasteiger partial charge on any atom is 0.267 e. The van der Waals surface area contributed by atoms with Crippen LogP contribution < -0.4 is 0 Å². The van der Waals surface area contributed by atoms with Crippen LogP contribution in [0.3, 0.4) is 0 Å². The van der Waals surface area contributed by atoms with Gasteiger partial charge < -0.3 is 0 Å². The van der Waals surface area contributed by atoms with Gasteiger partial charge in [-0.25, -0.2) is 12.7 Å². The Morgan fingerprint density at radius 1 is 0.950 bits per heavy atom. The van der Waals surface area contributed by atoms with E-state index in [2.05, 4.69) is 0 Å². The predicted molar refractivity (Wildman–Crippen MR) is 76.8 cm³/mol. The average molecular weight is 289 g/mol. The van der Waals surface area contributed by atoms with Crippen LogP contribution in [-0.2, 0) is 10.0 Å². The smallest absolute Gasteiger partial charge is 0.267 e. The fourth-order valence-electron chi connectivity index (χ4n) is 1.87. The summed E-state index contributed by atoms with van der Waals surface area (Å²) in [5.74, 6) is -0.517. The number of hydrogen-bond acceptors (Lipinski definition) is 3. The molecule has 5 heteroatoms. The Morgan fingerprint density at radius 2 is 1.45 bits per heavy atom. The van der Waals surface area contributed by atoms with Gasteiger partial charge in [0.15, 0.2) is 0 Å². The van der Waals surface area contributed by atoms with Crippen molar-refractivity contribution in [2.24, 2.45) is 0 Å². The summed E-state index contributed by atoms with van der Waals surface area (Å²) in [7, 11) is -3.81. The Balaban J connectivity index is 2.41. The molecule has 0 aliphatic carbocycles. The van der Waals surface area contributed by atoms with Crippen molar-refractivity contribution in [3.63, 3.8) is 0 Å². The van der Waals surface area contributed by atoms with Crippen LogP contribution in [0.25, 0.3) is 0 Å². The molecule has 2 aromatic rings. The molecule has 0 atom stereocenters. The van der Waals surface area contributed by atoms with E-state index in [1.54, 1.807) is 55.5 Å². The number of carbonyl (C=O) groups is 1. The summed E-state index contributed by atoms with van der Waals surface area (Å²) in [6, 6.07) is 16.4. The number of rotatable bonds is 4. The molecule has 1 amide bonds. The molecule has 0 saturated carbocycles. The molecule has 104 valence electrons. The van der Waals surface area contributed by atoms with Crippen LogP contribution in [0.1, 0.15) is 17.3 Å². The minimum absolute atomic E-state index is 0.0882. The molecule has 0 heterocycles. The minimum atomic E-state index is -3.81. The summed E-state index contributed by atoms with van der Waals surface area (Å²) >= 11 is 0. The standard InChI is InChI=1S/C15H15NO3S/c1-2-16(15(17)13-9-5-3-6-10-13)20(18,19)14-11-7-4-8-12-14/h3-12H,2H2,1H3. The topological polar surface area (TPSA) is 54.5 Å². The average Bonchev–Trinajstić information content (AvgIpc) is 2.49. The lowest BCUT2D eigenvalue weighted by molar-refractivity contribution is 0.0866. The van der Waals surface area contributed by atoms with Gasteiger partial charge in [0, 0.05) is 12.1 Å². The fourth-order valence-corrected chi connectivity index (χ4v) is 3.29. The number of benzene rings is 2. The molecular weight excluding hydrogens is 274 g/mol. The second-order valence-electron chi connectivity index (χ2n) is 4.15. The Bertz CT molecular complexity index is 682. The van der Waals surface area contributed by atoms with E-state index in [0.29, 0.717) is 5.56 Å². The summed E-state index contributed by atoms with van der Waals surface area (Å²) in [5.41, 5.74) is 0.355. The van der Waals surface area contributed by atoms with Crippen LogP contribution in [0, 0.1) is 0 Å². The van der Waals surface area contributed by atoms with Gasteiger partial charge in [-0.05, 0) is 31.2 Å². The Morgan fingerprint density at radius 3 is 1.95 bits per heavy atom. The van der Waals surface area contributed by atoms with E-state index in [0.717, 1.165) is 4.31 Å². The van der Waals surface area contributed by atoms with E-state index in [-0.39, 0.29) is 11.4 Å². The third-order valence-electron chi connectivity index (χ3n) is 2.87. The van der Waals surface area contributed by atoms with Crippen molar-refractivity contribution >= 4 is 15.9 Å². The maximum atomic E-state index is 12.5. The number of sulfonamides is 1.